The van der Waals surface area contributed by atoms with Gasteiger partial charge in [0, 0.05) is 5.69 Å². The summed E-state index contributed by atoms with van der Waals surface area (Å²) in [6.45, 7) is 3.93. The lowest BCUT2D eigenvalue weighted by molar-refractivity contribution is -0.117. The molecule has 0 fully saturated rings. The molecule has 31 heavy (non-hydrogen) atoms. The van der Waals surface area contributed by atoms with E-state index in [-0.39, 0.29) is 10.4 Å². The first-order valence-corrected chi connectivity index (χ1v) is 11.7. The third-order valence-corrected chi connectivity index (χ3v) is 6.98. The highest BCUT2D eigenvalue weighted by molar-refractivity contribution is 7.89. The minimum Gasteiger partial charge on any atom is -0.324 e. The van der Waals surface area contributed by atoms with E-state index in [1.54, 1.807) is 48.5 Å². The second-order valence-corrected chi connectivity index (χ2v) is 9.35. The van der Waals surface area contributed by atoms with Gasteiger partial charge in [-0.1, -0.05) is 42.5 Å². The fourth-order valence-corrected chi connectivity index (χ4v) is 5.12. The van der Waals surface area contributed by atoms with Crippen LogP contribution in [0.5, 0.6) is 0 Å². The highest BCUT2D eigenvalue weighted by Gasteiger charge is 2.29. The molecule has 0 saturated carbocycles. The summed E-state index contributed by atoms with van der Waals surface area (Å²) in [5, 5.41) is 2.82. The minimum absolute atomic E-state index is 0.0151. The number of hydrogen-bond donors (Lipinski definition) is 2. The van der Waals surface area contributed by atoms with Crippen molar-refractivity contribution >= 4 is 44.4 Å². The maximum atomic E-state index is 13.2. The minimum atomic E-state index is -4.06. The number of carbonyl (C=O) groups is 1. The monoisotopic (exact) mass is 452 g/mol. The first-order chi connectivity index (χ1) is 14.8. The molecule has 1 aromatic heterocycles. The van der Waals surface area contributed by atoms with E-state index in [1.165, 1.54) is 6.07 Å². The van der Waals surface area contributed by atoms with E-state index in [1.807, 2.05) is 26.0 Å². The number of nitrogens with zero attached hydrogens (tertiary/aromatic N) is 2. The Labute approximate surface area is 184 Å². The van der Waals surface area contributed by atoms with E-state index >= 15 is 0 Å². The number of nitrogens with one attached hydrogen (secondary N) is 2. The molecule has 0 radical (unpaired) electrons. The number of hydrogen-bond acceptors (Lipinski definition) is 6. The Bertz CT molecular complexity index is 1350. The summed E-state index contributed by atoms with van der Waals surface area (Å²) in [4.78, 5) is 13.2. The smallest absolute Gasteiger partial charge is 0.247 e. The van der Waals surface area contributed by atoms with Gasteiger partial charge in [0.05, 0.1) is 11.7 Å². The van der Waals surface area contributed by atoms with Crippen molar-refractivity contribution < 1.29 is 13.2 Å². The van der Waals surface area contributed by atoms with Crippen LogP contribution in [0.2, 0.25) is 0 Å². The van der Waals surface area contributed by atoms with Gasteiger partial charge in [0.2, 0.25) is 15.9 Å². The van der Waals surface area contributed by atoms with Crippen LogP contribution in [0.4, 0.5) is 5.69 Å². The quantitative estimate of drug-likeness (QED) is 0.461. The van der Waals surface area contributed by atoms with E-state index < -0.39 is 22.0 Å². The Morgan fingerprint density at radius 1 is 0.935 bits per heavy atom. The summed E-state index contributed by atoms with van der Waals surface area (Å²) in [6.07, 6.45) is 0. The first kappa shape index (κ1) is 21.1. The Kier molecular flexibility index (Phi) is 5.81. The van der Waals surface area contributed by atoms with Crippen LogP contribution in [0.1, 0.15) is 22.7 Å². The molecular weight excluding hydrogens is 432 g/mol. The number of rotatable bonds is 6. The lowest BCUT2D eigenvalue weighted by atomic mass is 10.1. The number of carbonyl (C=O) groups excluding carboxylic acids is 1. The molecule has 158 valence electrons. The average Bonchev–Trinajstić information content (AvgIpc) is 3.24. The molecule has 1 heterocycles. The van der Waals surface area contributed by atoms with Gasteiger partial charge in [-0.05, 0) is 54.8 Å². The van der Waals surface area contributed by atoms with E-state index in [0.29, 0.717) is 16.8 Å². The average molecular weight is 453 g/mol. The lowest BCUT2D eigenvalue weighted by Gasteiger charge is -2.19. The van der Waals surface area contributed by atoms with E-state index in [4.69, 9.17) is 0 Å². The van der Waals surface area contributed by atoms with Crippen molar-refractivity contribution in [1.29, 1.82) is 0 Å². The van der Waals surface area contributed by atoms with Crippen LogP contribution in [-0.2, 0) is 14.8 Å². The molecule has 0 saturated heterocycles. The molecule has 4 rings (SSSR count). The maximum absolute atomic E-state index is 13.2. The number of amides is 1. The molecule has 2 N–H and O–H groups in total. The molecule has 4 aromatic rings. The zero-order valence-electron chi connectivity index (χ0n) is 16.9. The molecule has 0 aliphatic heterocycles. The molecule has 1 atom stereocenters. The van der Waals surface area contributed by atoms with Gasteiger partial charge in [-0.2, -0.15) is 13.5 Å². The second kappa shape index (κ2) is 8.54. The van der Waals surface area contributed by atoms with Gasteiger partial charge in [0.25, 0.3) is 0 Å². The van der Waals surface area contributed by atoms with Crippen LogP contribution >= 0.6 is 11.7 Å². The molecule has 0 unspecified atom stereocenters. The molecule has 0 spiro atoms. The predicted molar refractivity (Wildman–Crippen MR) is 121 cm³/mol. The van der Waals surface area contributed by atoms with Crippen molar-refractivity contribution in [2.24, 2.45) is 0 Å². The highest BCUT2D eigenvalue weighted by atomic mass is 32.2. The summed E-state index contributed by atoms with van der Waals surface area (Å²) in [5.41, 5.74) is 4.01. The Morgan fingerprint density at radius 3 is 2.45 bits per heavy atom. The molecule has 1 amide bonds. The Hall–Kier alpha value is -3.14. The summed E-state index contributed by atoms with van der Waals surface area (Å²) >= 11 is 0.937. The fraction of sp³-hybridized carbons (Fsp3) is 0.136. The predicted octanol–water partition coefficient (Wildman–Crippen LogP) is 3.97. The van der Waals surface area contributed by atoms with Crippen molar-refractivity contribution in [1.82, 2.24) is 13.5 Å². The number of aromatic nitrogens is 2. The van der Waals surface area contributed by atoms with Crippen molar-refractivity contribution in [3.8, 4) is 0 Å². The van der Waals surface area contributed by atoms with Crippen molar-refractivity contribution in [2.75, 3.05) is 5.32 Å². The molecule has 3 aromatic carbocycles. The molecule has 0 bridgehead atoms. The molecule has 0 aliphatic carbocycles. The molecule has 0 aliphatic rings. The Morgan fingerprint density at radius 2 is 1.71 bits per heavy atom. The second-order valence-electron chi connectivity index (χ2n) is 7.14. The van der Waals surface area contributed by atoms with Gasteiger partial charge in [-0.25, -0.2) is 8.42 Å². The zero-order valence-corrected chi connectivity index (χ0v) is 18.5. The van der Waals surface area contributed by atoms with Gasteiger partial charge >= 0.3 is 0 Å². The van der Waals surface area contributed by atoms with Crippen LogP contribution in [0.15, 0.2) is 71.6 Å². The van der Waals surface area contributed by atoms with E-state index in [0.717, 1.165) is 22.9 Å². The van der Waals surface area contributed by atoms with Gasteiger partial charge < -0.3 is 5.32 Å². The number of benzene rings is 3. The summed E-state index contributed by atoms with van der Waals surface area (Å²) in [7, 11) is -4.06. The van der Waals surface area contributed by atoms with Crippen LogP contribution in [-0.4, -0.2) is 23.1 Å². The largest absolute Gasteiger partial charge is 0.324 e. The van der Waals surface area contributed by atoms with Gasteiger partial charge in [-0.3, -0.25) is 4.79 Å². The van der Waals surface area contributed by atoms with Crippen LogP contribution in [0.3, 0.4) is 0 Å². The van der Waals surface area contributed by atoms with Crippen molar-refractivity contribution in [2.45, 2.75) is 24.8 Å². The van der Waals surface area contributed by atoms with Gasteiger partial charge in [0.1, 0.15) is 22.0 Å². The van der Waals surface area contributed by atoms with E-state index in [2.05, 4.69) is 18.8 Å². The fourth-order valence-electron chi connectivity index (χ4n) is 3.17. The zero-order chi connectivity index (χ0) is 22.0. The third-order valence-electron chi connectivity index (χ3n) is 4.98. The Balaban J connectivity index is 1.69. The number of sulfonamides is 1. The number of anilines is 1. The maximum Gasteiger partial charge on any atom is 0.247 e. The van der Waals surface area contributed by atoms with Crippen LogP contribution in [0.25, 0.3) is 11.0 Å². The highest BCUT2D eigenvalue weighted by Crippen LogP contribution is 2.25. The van der Waals surface area contributed by atoms with Crippen molar-refractivity contribution in [3.63, 3.8) is 0 Å². The van der Waals surface area contributed by atoms with Crippen molar-refractivity contribution in [3.05, 3.63) is 83.4 Å². The van der Waals surface area contributed by atoms with Crippen LogP contribution in [0, 0.1) is 13.8 Å². The molecular formula is C22H20N4O3S2. The molecule has 7 nitrogen and oxygen atoms in total. The van der Waals surface area contributed by atoms with Gasteiger partial charge in [-0.15, -0.1) is 0 Å². The van der Waals surface area contributed by atoms with Gasteiger partial charge in [0.15, 0.2) is 0 Å². The standard InChI is InChI=1S/C22H20N4O3S2/c1-14-11-12-17(13-15(14)2)23-22(27)20(16-7-4-3-5-8-16)26-31(28,29)19-10-6-9-18-21(19)25-30-24-18/h3-13,20,26H,1-2H3,(H,23,27)/t20-/m1/s1. The van der Waals surface area contributed by atoms with Crippen LogP contribution < -0.4 is 10.0 Å². The molecule has 9 heteroatoms. The normalized spacial score (nSPS) is 12.6. The lowest BCUT2D eigenvalue weighted by Crippen LogP contribution is -2.37. The number of fused-ring (bicyclic) bond motifs is 1. The topological polar surface area (TPSA) is 101 Å². The SMILES string of the molecule is Cc1ccc(NC(=O)[C@H](NS(=O)(=O)c2cccc3nsnc23)c2ccccc2)cc1C. The summed E-state index contributed by atoms with van der Waals surface area (Å²) in [6, 6.07) is 17.9. The van der Waals surface area contributed by atoms with E-state index in [9.17, 15) is 13.2 Å². The first-order valence-electron chi connectivity index (χ1n) is 9.52. The summed E-state index contributed by atoms with van der Waals surface area (Å²) < 4.78 is 37.2. The number of aryl methyl sites for hydroxylation is 2. The third kappa shape index (κ3) is 4.48. The summed E-state index contributed by atoms with van der Waals surface area (Å²) in [5.74, 6) is -0.485.